The van der Waals surface area contributed by atoms with Gasteiger partial charge < -0.3 is 24.7 Å². The second-order valence-electron chi connectivity index (χ2n) is 11.0. The lowest BCUT2D eigenvalue weighted by Crippen LogP contribution is -2.73. The van der Waals surface area contributed by atoms with Crippen LogP contribution >= 0.6 is 0 Å². The summed E-state index contributed by atoms with van der Waals surface area (Å²) >= 11 is 0. The van der Waals surface area contributed by atoms with Crippen LogP contribution in [0.2, 0.25) is 0 Å². The Morgan fingerprint density at radius 1 is 1.26 bits per heavy atom. The van der Waals surface area contributed by atoms with E-state index in [1.165, 1.54) is 11.1 Å². The van der Waals surface area contributed by atoms with Crippen molar-refractivity contribution in [1.82, 2.24) is 9.80 Å². The number of amides is 1. The second-order valence-corrected chi connectivity index (χ2v) is 11.0. The average Bonchev–Trinajstić information content (AvgIpc) is 2.84. The molecule has 2 aliphatic carbocycles. The van der Waals surface area contributed by atoms with Crippen molar-refractivity contribution in [3.63, 3.8) is 0 Å². The van der Waals surface area contributed by atoms with Gasteiger partial charge in [-0.1, -0.05) is 35.9 Å². The molecule has 2 fully saturated rings. The molecule has 6 nitrogen and oxygen atoms in total. The molecule has 3 aliphatic rings. The number of hydrogen-bond donors (Lipinski definition) is 2. The van der Waals surface area contributed by atoms with Gasteiger partial charge in [0.2, 0.25) is 5.91 Å². The predicted molar refractivity (Wildman–Crippen MR) is 136 cm³/mol. The summed E-state index contributed by atoms with van der Waals surface area (Å²) in [5.41, 5.74) is 3.00. The molecule has 1 saturated carbocycles. The summed E-state index contributed by atoms with van der Waals surface area (Å²) in [6.45, 7) is 2.94. The van der Waals surface area contributed by atoms with Gasteiger partial charge in [0.1, 0.15) is 0 Å². The molecule has 5 rings (SSSR count). The molecule has 2 bridgehead atoms. The van der Waals surface area contributed by atoms with Crippen molar-refractivity contribution in [1.29, 1.82) is 0 Å². The predicted octanol–water partition coefficient (Wildman–Crippen LogP) is 3.58. The molecular formula is C29H38N2O4. The quantitative estimate of drug-likeness (QED) is 0.687. The van der Waals surface area contributed by atoms with Gasteiger partial charge in [0.15, 0.2) is 11.5 Å². The van der Waals surface area contributed by atoms with Crippen LogP contribution in [0, 0.1) is 6.92 Å². The number of fused-ring (bicyclic) bond motifs is 1. The number of phenols is 1. The fourth-order valence-corrected chi connectivity index (χ4v) is 7.32. The molecule has 1 heterocycles. The topological polar surface area (TPSA) is 73.2 Å². The van der Waals surface area contributed by atoms with Gasteiger partial charge in [0, 0.05) is 36.5 Å². The molecule has 1 aliphatic heterocycles. The molecule has 0 radical (unpaired) electrons. The maximum atomic E-state index is 13.3. The molecule has 2 N–H and O–H groups in total. The number of nitrogens with zero attached hydrogens (tertiary/aromatic N) is 2. The standard InChI is InChI=1S/C29H38N2O4/c1-19-6-5-7-20(16-19)8-11-25(33)31(3)22-12-13-29(34)24-17-21-9-10-23(32)27(35-4)26(21)28(29,18-22)14-15-30(24)2/h5-7,9-10,16,22,24,32,34H,8,11-15,17-18H2,1-4H3/t22?,24-,28-,29-/m1/s1. The minimum absolute atomic E-state index is 0.0151. The molecule has 0 spiro atoms. The van der Waals surface area contributed by atoms with E-state index in [0.29, 0.717) is 25.0 Å². The van der Waals surface area contributed by atoms with Crippen molar-refractivity contribution in [3.05, 3.63) is 58.7 Å². The normalized spacial score (nSPS) is 29.7. The number of likely N-dealkylation sites (N-methyl/N-ethyl adjacent to an activating group) is 1. The number of carbonyl (C=O) groups excluding carboxylic acids is 1. The number of phenolic OH excluding ortho intramolecular Hbond substituents is 1. The number of ether oxygens (including phenoxy) is 1. The van der Waals surface area contributed by atoms with E-state index >= 15 is 0 Å². The summed E-state index contributed by atoms with van der Waals surface area (Å²) < 4.78 is 5.74. The zero-order valence-electron chi connectivity index (χ0n) is 21.4. The Labute approximate surface area is 208 Å². The number of methoxy groups -OCH3 is 1. The van der Waals surface area contributed by atoms with Gasteiger partial charge in [0.05, 0.1) is 12.7 Å². The maximum absolute atomic E-state index is 13.3. The van der Waals surface area contributed by atoms with E-state index in [-0.39, 0.29) is 23.7 Å². The van der Waals surface area contributed by atoms with E-state index in [9.17, 15) is 15.0 Å². The van der Waals surface area contributed by atoms with Gasteiger partial charge in [-0.3, -0.25) is 4.79 Å². The van der Waals surface area contributed by atoms with Crippen LogP contribution in [-0.4, -0.2) is 71.4 Å². The van der Waals surface area contributed by atoms with Crippen LogP contribution in [0.3, 0.4) is 0 Å². The molecule has 1 unspecified atom stereocenters. The highest BCUT2D eigenvalue weighted by atomic mass is 16.5. The summed E-state index contributed by atoms with van der Waals surface area (Å²) in [4.78, 5) is 17.5. The highest BCUT2D eigenvalue weighted by molar-refractivity contribution is 5.76. The molecule has 4 atom stereocenters. The van der Waals surface area contributed by atoms with E-state index in [1.54, 1.807) is 13.2 Å². The van der Waals surface area contributed by atoms with Gasteiger partial charge in [-0.05, 0) is 76.2 Å². The number of aliphatic hydroxyl groups is 1. The van der Waals surface area contributed by atoms with Crippen LogP contribution < -0.4 is 4.74 Å². The molecule has 35 heavy (non-hydrogen) atoms. The van der Waals surface area contributed by atoms with Crippen molar-refractivity contribution < 1.29 is 19.7 Å². The minimum atomic E-state index is -0.921. The molecular weight excluding hydrogens is 440 g/mol. The summed E-state index contributed by atoms with van der Waals surface area (Å²) in [7, 11) is 5.61. The lowest BCUT2D eigenvalue weighted by atomic mass is 9.48. The van der Waals surface area contributed by atoms with Crippen molar-refractivity contribution >= 4 is 5.91 Å². The van der Waals surface area contributed by atoms with Crippen LogP contribution in [0.15, 0.2) is 36.4 Å². The van der Waals surface area contributed by atoms with Crippen LogP contribution in [0.1, 0.15) is 54.4 Å². The number of aryl methyl sites for hydroxylation is 2. The number of aromatic hydroxyl groups is 1. The Balaban J connectivity index is 1.45. The van der Waals surface area contributed by atoms with E-state index in [2.05, 4.69) is 37.1 Å². The highest BCUT2D eigenvalue weighted by Crippen LogP contribution is 2.61. The third kappa shape index (κ3) is 3.73. The third-order valence-corrected chi connectivity index (χ3v) is 9.22. The first-order chi connectivity index (χ1) is 16.7. The lowest BCUT2D eigenvalue weighted by Gasteiger charge is -2.64. The number of hydrogen-bond acceptors (Lipinski definition) is 5. The zero-order chi connectivity index (χ0) is 25.0. The molecule has 2 aromatic rings. The zero-order valence-corrected chi connectivity index (χ0v) is 21.4. The van der Waals surface area contributed by atoms with Crippen LogP contribution in [0.5, 0.6) is 11.5 Å². The fourth-order valence-electron chi connectivity index (χ4n) is 7.32. The number of rotatable bonds is 5. The molecule has 1 amide bonds. The SMILES string of the molecule is COc1c(O)ccc2c1[C@]13CCN(C)[C@H](C2)[C@]1(O)CCC(N(C)C(=O)CCc1cccc(C)c1)C3. The smallest absolute Gasteiger partial charge is 0.222 e. The number of piperidine rings is 1. The van der Waals surface area contributed by atoms with Gasteiger partial charge in [-0.15, -0.1) is 0 Å². The van der Waals surface area contributed by atoms with Gasteiger partial charge in [0.25, 0.3) is 0 Å². The Kier molecular flexibility index (Phi) is 6.09. The highest BCUT2D eigenvalue weighted by Gasteiger charge is 2.65. The van der Waals surface area contributed by atoms with Crippen molar-refractivity contribution in [2.45, 2.75) is 75.0 Å². The lowest BCUT2D eigenvalue weighted by molar-refractivity contribution is -0.173. The van der Waals surface area contributed by atoms with Crippen molar-refractivity contribution in [3.8, 4) is 11.5 Å². The molecule has 2 aromatic carbocycles. The molecule has 0 aromatic heterocycles. The van der Waals surface area contributed by atoms with E-state index in [4.69, 9.17) is 4.74 Å². The summed E-state index contributed by atoms with van der Waals surface area (Å²) in [5, 5.41) is 23.0. The summed E-state index contributed by atoms with van der Waals surface area (Å²) in [6, 6.07) is 12.1. The maximum Gasteiger partial charge on any atom is 0.222 e. The van der Waals surface area contributed by atoms with Gasteiger partial charge in [-0.2, -0.15) is 0 Å². The molecule has 6 heteroatoms. The second kappa shape index (κ2) is 8.82. The summed E-state index contributed by atoms with van der Waals surface area (Å²) in [5.74, 6) is 0.741. The first-order valence-corrected chi connectivity index (χ1v) is 12.8. The molecule has 1 saturated heterocycles. The minimum Gasteiger partial charge on any atom is -0.504 e. The number of carbonyl (C=O) groups is 1. The Morgan fingerprint density at radius 3 is 2.80 bits per heavy atom. The Bertz CT molecular complexity index is 1130. The molecule has 188 valence electrons. The third-order valence-electron chi connectivity index (χ3n) is 9.22. The largest absolute Gasteiger partial charge is 0.504 e. The number of benzene rings is 2. The van der Waals surface area contributed by atoms with Gasteiger partial charge in [-0.25, -0.2) is 0 Å². The van der Waals surface area contributed by atoms with Crippen LogP contribution in [-0.2, 0) is 23.1 Å². The Morgan fingerprint density at radius 2 is 2.06 bits per heavy atom. The number of likely N-dealkylation sites (tertiary alicyclic amines) is 1. The van der Waals surface area contributed by atoms with E-state index in [0.717, 1.165) is 43.4 Å². The fraction of sp³-hybridized carbons (Fsp3) is 0.552. The monoisotopic (exact) mass is 478 g/mol. The van der Waals surface area contributed by atoms with E-state index in [1.807, 2.05) is 24.1 Å². The first-order valence-electron chi connectivity index (χ1n) is 12.8. The van der Waals surface area contributed by atoms with E-state index < -0.39 is 11.0 Å². The summed E-state index contributed by atoms with van der Waals surface area (Å²) in [6.07, 6.45) is 4.77. The van der Waals surface area contributed by atoms with Crippen molar-refractivity contribution in [2.75, 3.05) is 27.7 Å². The van der Waals surface area contributed by atoms with Gasteiger partial charge >= 0.3 is 0 Å². The first kappa shape index (κ1) is 24.1. The average molecular weight is 479 g/mol. The van der Waals surface area contributed by atoms with Crippen LogP contribution in [0.25, 0.3) is 0 Å². The van der Waals surface area contributed by atoms with Crippen molar-refractivity contribution in [2.24, 2.45) is 0 Å². The van der Waals surface area contributed by atoms with Crippen LogP contribution in [0.4, 0.5) is 0 Å². The Hall–Kier alpha value is -2.57.